The Morgan fingerprint density at radius 1 is 1.40 bits per heavy atom. The molecule has 5 heteroatoms. The summed E-state index contributed by atoms with van der Waals surface area (Å²) in [5, 5.41) is 9.23. The van der Waals surface area contributed by atoms with Gasteiger partial charge in [0.05, 0.1) is 12.3 Å². The Morgan fingerprint density at radius 3 is 2.45 bits per heavy atom. The van der Waals surface area contributed by atoms with Crippen LogP contribution in [0.5, 0.6) is 0 Å². The molecule has 0 aliphatic carbocycles. The molecule has 1 amide bonds. The van der Waals surface area contributed by atoms with E-state index in [2.05, 4.69) is 13.8 Å². The van der Waals surface area contributed by atoms with Crippen molar-refractivity contribution in [1.82, 2.24) is 9.47 Å². The molecule has 0 saturated heterocycles. The van der Waals surface area contributed by atoms with Gasteiger partial charge in [0.1, 0.15) is 5.69 Å². The summed E-state index contributed by atoms with van der Waals surface area (Å²) in [6.07, 6.45) is 3.54. The molecule has 1 rings (SSSR count). The number of anilines is 1. The van der Waals surface area contributed by atoms with E-state index < -0.39 is 0 Å². The summed E-state index contributed by atoms with van der Waals surface area (Å²) in [6.45, 7) is 8.48. The molecule has 1 heterocycles. The second-order valence-corrected chi connectivity index (χ2v) is 5.35. The number of nitrogen functional groups attached to an aromatic ring is 1. The first kappa shape index (κ1) is 16.6. The predicted octanol–water partition coefficient (Wildman–Crippen LogP) is 2.27. The van der Waals surface area contributed by atoms with Crippen LogP contribution in [0.15, 0.2) is 12.3 Å². The fourth-order valence-corrected chi connectivity index (χ4v) is 2.53. The third-order valence-electron chi connectivity index (χ3n) is 3.63. The van der Waals surface area contributed by atoms with Crippen molar-refractivity contribution in [3.05, 3.63) is 18.0 Å². The first-order valence-corrected chi connectivity index (χ1v) is 7.35. The van der Waals surface area contributed by atoms with Crippen LogP contribution in [0.1, 0.15) is 57.1 Å². The highest BCUT2D eigenvalue weighted by Gasteiger charge is 2.25. The average molecular weight is 281 g/mol. The van der Waals surface area contributed by atoms with Crippen molar-refractivity contribution < 1.29 is 9.90 Å². The minimum atomic E-state index is -0.0573. The Bertz CT molecular complexity index is 436. The fourth-order valence-electron chi connectivity index (χ4n) is 2.53. The molecule has 5 nitrogen and oxygen atoms in total. The number of amides is 1. The predicted molar refractivity (Wildman–Crippen MR) is 81.7 cm³/mol. The standard InChI is InChI=1S/C15H27N3O2/c1-5-13(6-2)17(7-8-19)15(20)14-9-12(16)10-18(14)11(3)4/h9-11,13,19H,5-8,16H2,1-4H3. The first-order chi connectivity index (χ1) is 9.46. The number of aliphatic hydroxyl groups is 1. The maximum atomic E-state index is 12.8. The van der Waals surface area contributed by atoms with Crippen molar-refractivity contribution in [3.63, 3.8) is 0 Å². The Labute approximate surface area is 121 Å². The lowest BCUT2D eigenvalue weighted by molar-refractivity contribution is 0.0610. The van der Waals surface area contributed by atoms with Gasteiger partial charge in [-0.2, -0.15) is 0 Å². The van der Waals surface area contributed by atoms with Crippen molar-refractivity contribution in [2.75, 3.05) is 18.9 Å². The van der Waals surface area contributed by atoms with Crippen LogP contribution in [0.4, 0.5) is 5.69 Å². The third kappa shape index (κ3) is 3.54. The zero-order valence-corrected chi connectivity index (χ0v) is 13.0. The van der Waals surface area contributed by atoms with Gasteiger partial charge in [0, 0.05) is 24.8 Å². The first-order valence-electron chi connectivity index (χ1n) is 7.35. The van der Waals surface area contributed by atoms with Gasteiger partial charge in [0.2, 0.25) is 0 Å². The summed E-state index contributed by atoms with van der Waals surface area (Å²) in [4.78, 5) is 14.5. The lowest BCUT2D eigenvalue weighted by Crippen LogP contribution is -2.42. The Balaban J connectivity index is 3.11. The van der Waals surface area contributed by atoms with Gasteiger partial charge in [-0.3, -0.25) is 4.79 Å². The largest absolute Gasteiger partial charge is 0.397 e. The molecular formula is C15H27N3O2. The molecule has 114 valence electrons. The monoisotopic (exact) mass is 281 g/mol. The molecule has 0 aliphatic rings. The Morgan fingerprint density at radius 2 is 2.00 bits per heavy atom. The smallest absolute Gasteiger partial charge is 0.270 e. The van der Waals surface area contributed by atoms with E-state index in [1.54, 1.807) is 17.2 Å². The van der Waals surface area contributed by atoms with Crippen LogP contribution < -0.4 is 5.73 Å². The molecule has 3 N–H and O–H groups in total. The molecule has 0 atom stereocenters. The molecule has 1 aromatic rings. The quantitative estimate of drug-likeness (QED) is 0.805. The average Bonchev–Trinajstić information content (AvgIpc) is 2.80. The van der Waals surface area contributed by atoms with Gasteiger partial charge in [0.15, 0.2) is 0 Å². The molecule has 0 unspecified atom stereocenters. The molecule has 20 heavy (non-hydrogen) atoms. The van der Waals surface area contributed by atoms with Gasteiger partial charge < -0.3 is 20.3 Å². The maximum Gasteiger partial charge on any atom is 0.270 e. The highest BCUT2D eigenvalue weighted by Crippen LogP contribution is 2.20. The number of aromatic nitrogens is 1. The minimum Gasteiger partial charge on any atom is -0.397 e. The third-order valence-corrected chi connectivity index (χ3v) is 3.63. The number of aliphatic hydroxyl groups excluding tert-OH is 1. The van der Waals surface area contributed by atoms with Crippen LogP contribution in [-0.4, -0.2) is 39.7 Å². The molecular weight excluding hydrogens is 254 g/mol. The molecule has 0 spiro atoms. The van der Waals surface area contributed by atoms with Crippen molar-refractivity contribution >= 4 is 11.6 Å². The van der Waals surface area contributed by atoms with Gasteiger partial charge in [-0.05, 0) is 32.8 Å². The number of carbonyl (C=O) groups is 1. The summed E-state index contributed by atoms with van der Waals surface area (Å²) in [6, 6.07) is 2.03. The normalized spacial score (nSPS) is 11.3. The SMILES string of the molecule is CCC(CC)N(CCO)C(=O)c1cc(N)cn1C(C)C. The summed E-state index contributed by atoms with van der Waals surface area (Å²) < 4.78 is 1.89. The summed E-state index contributed by atoms with van der Waals surface area (Å²) in [5.74, 6) is -0.0573. The summed E-state index contributed by atoms with van der Waals surface area (Å²) in [5.41, 5.74) is 7.02. The number of rotatable bonds is 7. The van der Waals surface area contributed by atoms with Gasteiger partial charge in [0.25, 0.3) is 5.91 Å². The number of carbonyl (C=O) groups excluding carboxylic acids is 1. The minimum absolute atomic E-state index is 0.0277. The number of hydrogen-bond donors (Lipinski definition) is 2. The lowest BCUT2D eigenvalue weighted by Gasteiger charge is -2.30. The van der Waals surface area contributed by atoms with E-state index in [0.717, 1.165) is 12.8 Å². The summed E-state index contributed by atoms with van der Waals surface area (Å²) >= 11 is 0. The van der Waals surface area contributed by atoms with Crippen LogP contribution >= 0.6 is 0 Å². The molecule has 0 radical (unpaired) electrons. The lowest BCUT2D eigenvalue weighted by atomic mass is 10.1. The van der Waals surface area contributed by atoms with Crippen molar-refractivity contribution in [2.45, 2.75) is 52.6 Å². The van der Waals surface area contributed by atoms with Crippen LogP contribution in [0, 0.1) is 0 Å². The van der Waals surface area contributed by atoms with E-state index >= 15 is 0 Å². The van der Waals surface area contributed by atoms with Crippen LogP contribution in [-0.2, 0) is 0 Å². The maximum absolute atomic E-state index is 12.8. The second kappa shape index (κ2) is 7.33. The zero-order valence-electron chi connectivity index (χ0n) is 13.0. The summed E-state index contributed by atoms with van der Waals surface area (Å²) in [7, 11) is 0. The van der Waals surface area contributed by atoms with E-state index in [1.165, 1.54) is 0 Å². The van der Waals surface area contributed by atoms with Crippen molar-refractivity contribution in [1.29, 1.82) is 0 Å². The molecule has 0 aliphatic heterocycles. The molecule has 0 fully saturated rings. The fraction of sp³-hybridized carbons (Fsp3) is 0.667. The van der Waals surface area contributed by atoms with Gasteiger partial charge in [-0.25, -0.2) is 0 Å². The van der Waals surface area contributed by atoms with Crippen LogP contribution in [0.25, 0.3) is 0 Å². The second-order valence-electron chi connectivity index (χ2n) is 5.35. The number of nitrogens with zero attached hydrogens (tertiary/aromatic N) is 2. The van der Waals surface area contributed by atoms with Crippen LogP contribution in [0.3, 0.4) is 0 Å². The zero-order chi connectivity index (χ0) is 15.3. The Kier molecular flexibility index (Phi) is 6.07. The van der Waals surface area contributed by atoms with Gasteiger partial charge in [-0.1, -0.05) is 13.8 Å². The van der Waals surface area contributed by atoms with E-state index in [4.69, 9.17) is 5.73 Å². The Hall–Kier alpha value is -1.49. The number of nitrogens with two attached hydrogens (primary N) is 1. The van der Waals surface area contributed by atoms with Gasteiger partial charge in [-0.15, -0.1) is 0 Å². The van der Waals surface area contributed by atoms with Crippen LogP contribution in [0.2, 0.25) is 0 Å². The van der Waals surface area contributed by atoms with E-state index in [9.17, 15) is 9.90 Å². The molecule has 0 saturated carbocycles. The molecule has 0 aromatic carbocycles. The van der Waals surface area contributed by atoms with E-state index in [0.29, 0.717) is 17.9 Å². The van der Waals surface area contributed by atoms with Crippen molar-refractivity contribution in [2.24, 2.45) is 0 Å². The topological polar surface area (TPSA) is 71.5 Å². The van der Waals surface area contributed by atoms with E-state index in [-0.39, 0.29) is 24.6 Å². The molecule has 1 aromatic heterocycles. The highest BCUT2D eigenvalue weighted by atomic mass is 16.3. The highest BCUT2D eigenvalue weighted by molar-refractivity contribution is 5.94. The molecule has 0 bridgehead atoms. The van der Waals surface area contributed by atoms with Gasteiger partial charge >= 0.3 is 0 Å². The van der Waals surface area contributed by atoms with Crippen molar-refractivity contribution in [3.8, 4) is 0 Å². The number of hydrogen-bond acceptors (Lipinski definition) is 3. The van der Waals surface area contributed by atoms with E-state index in [1.807, 2.05) is 18.4 Å².